The Morgan fingerprint density at radius 3 is 2.52 bits per heavy atom. The molecule has 0 unspecified atom stereocenters. The van der Waals surface area contributed by atoms with Crippen molar-refractivity contribution >= 4 is 40.7 Å². The maximum Gasteiger partial charge on any atom is 0.179 e. The van der Waals surface area contributed by atoms with Crippen molar-refractivity contribution in [3.05, 3.63) is 28.0 Å². The van der Waals surface area contributed by atoms with Crippen molar-refractivity contribution in [3.8, 4) is 5.75 Å². The van der Waals surface area contributed by atoms with Gasteiger partial charge in [-0.05, 0) is 28.4 Å². The van der Waals surface area contributed by atoms with Gasteiger partial charge in [0.1, 0.15) is 0 Å². The summed E-state index contributed by atoms with van der Waals surface area (Å²) in [6.07, 6.45) is 1.93. The lowest BCUT2D eigenvalue weighted by atomic mass is 9.98. The molecule has 1 atom stereocenters. The number of nitrogens with zero attached hydrogens (tertiary/aromatic N) is 1. The maximum atomic E-state index is 13.8. The van der Waals surface area contributed by atoms with E-state index in [0.717, 1.165) is 39.0 Å². The number of piperazine rings is 1. The predicted molar refractivity (Wildman–Crippen MR) is 92.4 cm³/mol. The smallest absolute Gasteiger partial charge is 0.179 e. The monoisotopic (exact) mass is 402 g/mol. The number of halogens is 4. The van der Waals surface area contributed by atoms with Gasteiger partial charge in [0.25, 0.3) is 0 Å². The summed E-state index contributed by atoms with van der Waals surface area (Å²) in [6, 6.07) is 3.59. The van der Waals surface area contributed by atoms with Crippen LogP contribution in [0.1, 0.15) is 31.4 Å². The van der Waals surface area contributed by atoms with Gasteiger partial charge < -0.3 is 10.4 Å². The Morgan fingerprint density at radius 1 is 1.33 bits per heavy atom. The molecule has 0 spiro atoms. The first kappa shape index (κ1) is 20.9. The normalized spacial score (nSPS) is 16.7. The summed E-state index contributed by atoms with van der Waals surface area (Å²) in [5.74, 6) is -0.778. The summed E-state index contributed by atoms with van der Waals surface area (Å²) in [5, 5.41) is 13.4. The summed E-state index contributed by atoms with van der Waals surface area (Å²) in [5.41, 5.74) is 0.699. The van der Waals surface area contributed by atoms with Gasteiger partial charge in [-0.15, -0.1) is 24.8 Å². The van der Waals surface area contributed by atoms with Crippen LogP contribution in [0.5, 0.6) is 5.75 Å². The Morgan fingerprint density at radius 2 is 1.95 bits per heavy atom. The molecule has 0 amide bonds. The van der Waals surface area contributed by atoms with Gasteiger partial charge >= 0.3 is 0 Å². The molecule has 1 saturated heterocycles. The minimum atomic E-state index is -0.561. The zero-order valence-electron chi connectivity index (χ0n) is 11.9. The number of phenols is 1. The molecule has 1 aromatic carbocycles. The average molecular weight is 404 g/mol. The molecule has 1 aliphatic rings. The van der Waals surface area contributed by atoms with Crippen molar-refractivity contribution in [3.63, 3.8) is 0 Å². The van der Waals surface area contributed by atoms with Crippen LogP contribution in [0.2, 0.25) is 0 Å². The lowest BCUT2D eigenvalue weighted by Crippen LogP contribution is -2.45. The minimum Gasteiger partial charge on any atom is -0.505 e. The van der Waals surface area contributed by atoms with E-state index in [1.54, 1.807) is 6.07 Å². The maximum absolute atomic E-state index is 13.8. The van der Waals surface area contributed by atoms with Crippen LogP contribution in [-0.4, -0.2) is 36.2 Å². The van der Waals surface area contributed by atoms with E-state index >= 15 is 0 Å². The van der Waals surface area contributed by atoms with Gasteiger partial charge in [-0.1, -0.05) is 19.4 Å². The number of benzene rings is 1. The number of aromatic hydroxyl groups is 1. The van der Waals surface area contributed by atoms with Crippen molar-refractivity contribution in [1.82, 2.24) is 10.2 Å². The van der Waals surface area contributed by atoms with E-state index in [2.05, 4.69) is 33.1 Å². The summed E-state index contributed by atoms with van der Waals surface area (Å²) in [6.45, 7) is 5.87. The number of hydrogen-bond donors (Lipinski definition) is 2. The first-order valence-corrected chi connectivity index (χ1v) is 7.56. The summed E-state index contributed by atoms with van der Waals surface area (Å²) in [4.78, 5) is 2.32. The lowest BCUT2D eigenvalue weighted by molar-refractivity contribution is 0.161. The quantitative estimate of drug-likeness (QED) is 0.800. The van der Waals surface area contributed by atoms with Crippen LogP contribution in [0.3, 0.4) is 0 Å². The molecule has 0 saturated carbocycles. The van der Waals surface area contributed by atoms with Crippen molar-refractivity contribution in [2.24, 2.45) is 0 Å². The molecule has 2 N–H and O–H groups in total. The second-order valence-corrected chi connectivity index (χ2v) is 5.74. The molecule has 122 valence electrons. The molecule has 1 aromatic rings. The molecular weight excluding hydrogens is 382 g/mol. The van der Waals surface area contributed by atoms with Gasteiger partial charge in [0, 0.05) is 37.8 Å². The Bertz CT molecular complexity index is 445. The molecule has 7 heteroatoms. The molecular formula is C14H22BrCl2FN2O. The highest BCUT2D eigenvalue weighted by Gasteiger charge is 2.25. The molecule has 0 radical (unpaired) electrons. The van der Waals surface area contributed by atoms with Crippen LogP contribution < -0.4 is 5.32 Å². The molecule has 1 aliphatic heterocycles. The second kappa shape index (κ2) is 9.85. The molecule has 0 bridgehead atoms. The number of phenolic OH excluding ortho intramolecular Hbond substituents is 1. The second-order valence-electron chi connectivity index (χ2n) is 4.89. The van der Waals surface area contributed by atoms with Crippen molar-refractivity contribution in [1.29, 1.82) is 0 Å². The predicted octanol–water partition coefficient (Wildman–Crippen LogP) is 3.88. The highest BCUT2D eigenvalue weighted by molar-refractivity contribution is 9.10. The van der Waals surface area contributed by atoms with E-state index in [9.17, 15) is 9.50 Å². The Hall–Kier alpha value is -0.0700. The van der Waals surface area contributed by atoms with Gasteiger partial charge in [-0.25, -0.2) is 4.39 Å². The Kier molecular flexibility index (Phi) is 9.81. The number of rotatable bonds is 4. The van der Waals surface area contributed by atoms with Crippen molar-refractivity contribution < 1.29 is 9.50 Å². The van der Waals surface area contributed by atoms with E-state index in [4.69, 9.17) is 0 Å². The molecule has 2 rings (SSSR count). The first-order valence-electron chi connectivity index (χ1n) is 6.76. The summed E-state index contributed by atoms with van der Waals surface area (Å²) >= 11 is 3.11. The first-order chi connectivity index (χ1) is 9.15. The van der Waals surface area contributed by atoms with Crippen LogP contribution in [0.15, 0.2) is 16.6 Å². The zero-order chi connectivity index (χ0) is 13.8. The Labute approximate surface area is 146 Å². The van der Waals surface area contributed by atoms with E-state index in [1.165, 1.54) is 0 Å². The van der Waals surface area contributed by atoms with Crippen molar-refractivity contribution in [2.75, 3.05) is 26.2 Å². The van der Waals surface area contributed by atoms with E-state index < -0.39 is 5.82 Å². The highest BCUT2D eigenvalue weighted by atomic mass is 79.9. The molecule has 3 nitrogen and oxygen atoms in total. The molecule has 0 aromatic heterocycles. The third-order valence-electron chi connectivity index (χ3n) is 3.61. The van der Waals surface area contributed by atoms with E-state index in [0.29, 0.717) is 10.0 Å². The van der Waals surface area contributed by atoms with Gasteiger partial charge in [0.2, 0.25) is 0 Å². The fourth-order valence-electron chi connectivity index (χ4n) is 2.63. The standard InChI is InChI=1S/C14H20BrFN2O.2ClH/c1-2-3-12(18-8-6-17-7-9-18)10-4-5-11(15)13(16)14(10)19;;/h4-5,12,17,19H,2-3,6-9H2,1H3;2*1H/t12-;;/m1../s1. The van der Waals surface area contributed by atoms with Crippen molar-refractivity contribution in [2.45, 2.75) is 25.8 Å². The number of hydrogen-bond acceptors (Lipinski definition) is 3. The van der Waals surface area contributed by atoms with Gasteiger partial charge in [-0.3, -0.25) is 4.90 Å². The lowest BCUT2D eigenvalue weighted by Gasteiger charge is -2.35. The van der Waals surface area contributed by atoms with Crippen LogP contribution in [0, 0.1) is 5.82 Å². The third kappa shape index (κ3) is 4.96. The molecule has 1 fully saturated rings. The van der Waals surface area contributed by atoms with Gasteiger partial charge in [0.15, 0.2) is 11.6 Å². The average Bonchev–Trinajstić information content (AvgIpc) is 2.44. The summed E-state index contributed by atoms with van der Waals surface area (Å²) < 4.78 is 14.1. The van der Waals surface area contributed by atoms with Crippen LogP contribution in [0.25, 0.3) is 0 Å². The van der Waals surface area contributed by atoms with E-state index in [1.807, 2.05) is 6.07 Å². The molecule has 0 aliphatic carbocycles. The zero-order valence-corrected chi connectivity index (χ0v) is 15.2. The van der Waals surface area contributed by atoms with E-state index in [-0.39, 0.29) is 36.6 Å². The minimum absolute atomic E-state index is 0. The van der Waals surface area contributed by atoms with Gasteiger partial charge in [0.05, 0.1) is 4.47 Å². The fourth-order valence-corrected chi connectivity index (χ4v) is 2.95. The van der Waals surface area contributed by atoms with Crippen LogP contribution >= 0.6 is 40.7 Å². The SMILES string of the molecule is CCC[C@H](c1ccc(Br)c(F)c1O)N1CCNCC1.Cl.Cl. The van der Waals surface area contributed by atoms with Crippen LogP contribution in [0.4, 0.5) is 4.39 Å². The largest absolute Gasteiger partial charge is 0.505 e. The van der Waals surface area contributed by atoms with Crippen LogP contribution in [-0.2, 0) is 0 Å². The Balaban J connectivity index is 0.00000200. The van der Waals surface area contributed by atoms with Gasteiger partial charge in [-0.2, -0.15) is 0 Å². The molecule has 21 heavy (non-hydrogen) atoms. The topological polar surface area (TPSA) is 35.5 Å². The molecule has 1 heterocycles. The fraction of sp³-hybridized carbons (Fsp3) is 0.571. The third-order valence-corrected chi connectivity index (χ3v) is 4.23. The number of nitrogens with one attached hydrogen (secondary N) is 1. The summed E-state index contributed by atoms with van der Waals surface area (Å²) in [7, 11) is 0. The highest BCUT2D eigenvalue weighted by Crippen LogP contribution is 2.36.